The number of carbonyl (C=O) groups excluding carboxylic acids is 1. The molecule has 0 aliphatic carbocycles. The van der Waals surface area contributed by atoms with E-state index in [2.05, 4.69) is 19.1 Å². The Morgan fingerprint density at radius 3 is 2.63 bits per heavy atom. The lowest BCUT2D eigenvalue weighted by Gasteiger charge is -2.22. The van der Waals surface area contributed by atoms with Crippen molar-refractivity contribution in [3.63, 3.8) is 0 Å². The standard InChI is InChI=1S/C17H19F2N3O4S/c1-24-5-4-20-16(23)21-7-11-9-22(10-12(11)8-21)27-13-2-3-14-15(6-13)26-17(18,19)25-14/h2-3,6H,4-5,7-10H2,1H3,(H,20,23). The van der Waals surface area contributed by atoms with Crippen molar-refractivity contribution >= 4 is 18.0 Å². The summed E-state index contributed by atoms with van der Waals surface area (Å²) in [6.45, 7) is 3.65. The Labute approximate surface area is 159 Å². The summed E-state index contributed by atoms with van der Waals surface area (Å²) in [5.74, 6) is 0.0881. The van der Waals surface area contributed by atoms with Crippen molar-refractivity contribution in [1.29, 1.82) is 0 Å². The number of nitrogens with one attached hydrogen (secondary N) is 1. The van der Waals surface area contributed by atoms with Gasteiger partial charge < -0.3 is 24.4 Å². The van der Waals surface area contributed by atoms with Crippen LogP contribution in [0, 0.1) is 0 Å². The van der Waals surface area contributed by atoms with E-state index in [1.807, 2.05) is 0 Å². The molecule has 0 unspecified atom stereocenters. The number of halogens is 2. The number of hydrogen-bond acceptors (Lipinski definition) is 6. The van der Waals surface area contributed by atoms with Crippen LogP contribution >= 0.6 is 11.9 Å². The third-order valence-corrected chi connectivity index (χ3v) is 5.46. The number of rotatable bonds is 5. The molecule has 0 aromatic heterocycles. The van der Waals surface area contributed by atoms with Crippen molar-refractivity contribution in [3.05, 3.63) is 29.3 Å². The fourth-order valence-corrected chi connectivity index (χ4v) is 4.29. The zero-order valence-corrected chi connectivity index (χ0v) is 15.5. The number of hydrogen-bond donors (Lipinski definition) is 1. The summed E-state index contributed by atoms with van der Waals surface area (Å²) in [5, 5.41) is 2.83. The molecule has 1 aromatic rings. The predicted octanol–water partition coefficient (Wildman–Crippen LogP) is 2.30. The third kappa shape index (κ3) is 3.97. The van der Waals surface area contributed by atoms with E-state index in [-0.39, 0.29) is 17.5 Å². The van der Waals surface area contributed by atoms with Crippen molar-refractivity contribution in [2.24, 2.45) is 0 Å². The molecule has 3 heterocycles. The average Bonchev–Trinajstić information content (AvgIpc) is 3.24. The molecular formula is C17H19F2N3O4S. The van der Waals surface area contributed by atoms with Gasteiger partial charge in [-0.25, -0.2) is 9.10 Å². The van der Waals surface area contributed by atoms with Gasteiger partial charge in [0.1, 0.15) is 0 Å². The van der Waals surface area contributed by atoms with Crippen LogP contribution in [0.3, 0.4) is 0 Å². The van der Waals surface area contributed by atoms with Crippen LogP contribution < -0.4 is 14.8 Å². The van der Waals surface area contributed by atoms with Crippen LogP contribution in [-0.4, -0.2) is 68.0 Å². The van der Waals surface area contributed by atoms with Crippen LogP contribution in [0.4, 0.5) is 13.6 Å². The molecule has 27 heavy (non-hydrogen) atoms. The molecule has 2 amide bonds. The zero-order chi connectivity index (χ0) is 19.0. The zero-order valence-electron chi connectivity index (χ0n) is 14.7. The molecule has 0 bridgehead atoms. The minimum Gasteiger partial charge on any atom is -0.395 e. The number of carbonyl (C=O) groups is 1. The van der Waals surface area contributed by atoms with E-state index in [0.29, 0.717) is 26.2 Å². The van der Waals surface area contributed by atoms with Crippen molar-refractivity contribution in [1.82, 2.24) is 14.5 Å². The van der Waals surface area contributed by atoms with E-state index in [4.69, 9.17) is 4.74 Å². The Bertz CT molecular complexity index is 771. The maximum absolute atomic E-state index is 13.1. The Balaban J connectivity index is 1.29. The molecule has 1 N–H and O–H groups in total. The Morgan fingerprint density at radius 2 is 1.93 bits per heavy atom. The molecule has 7 nitrogen and oxygen atoms in total. The predicted molar refractivity (Wildman–Crippen MR) is 93.9 cm³/mol. The van der Waals surface area contributed by atoms with Crippen molar-refractivity contribution in [2.75, 3.05) is 46.4 Å². The first-order chi connectivity index (χ1) is 12.9. The van der Waals surface area contributed by atoms with Crippen LogP contribution in [0.1, 0.15) is 0 Å². The van der Waals surface area contributed by atoms with Gasteiger partial charge in [-0.2, -0.15) is 0 Å². The van der Waals surface area contributed by atoms with Crippen molar-refractivity contribution in [2.45, 2.75) is 11.2 Å². The number of urea groups is 1. The lowest BCUT2D eigenvalue weighted by atomic mass is 10.2. The minimum atomic E-state index is -3.60. The van der Waals surface area contributed by atoms with Gasteiger partial charge >= 0.3 is 12.3 Å². The van der Waals surface area contributed by atoms with Crippen LogP contribution in [0.2, 0.25) is 0 Å². The number of alkyl halides is 2. The van der Waals surface area contributed by atoms with E-state index in [0.717, 1.165) is 18.0 Å². The maximum Gasteiger partial charge on any atom is 0.586 e. The highest BCUT2D eigenvalue weighted by Gasteiger charge is 2.43. The normalized spacial score (nSPS) is 20.3. The number of ether oxygens (including phenoxy) is 3. The fraction of sp³-hybridized carbons (Fsp3) is 0.471. The van der Waals surface area contributed by atoms with E-state index in [9.17, 15) is 13.6 Å². The summed E-state index contributed by atoms with van der Waals surface area (Å²) in [5.41, 5.74) is 2.47. The Morgan fingerprint density at radius 1 is 1.22 bits per heavy atom. The first-order valence-corrected chi connectivity index (χ1v) is 9.25. The van der Waals surface area contributed by atoms with Crippen LogP contribution in [-0.2, 0) is 4.74 Å². The number of benzene rings is 1. The lowest BCUT2D eigenvalue weighted by Crippen LogP contribution is -2.41. The largest absolute Gasteiger partial charge is 0.586 e. The Hall–Kier alpha value is -2.04. The van der Waals surface area contributed by atoms with Crippen LogP contribution in [0.5, 0.6) is 11.5 Å². The molecule has 0 spiro atoms. The first kappa shape index (κ1) is 18.3. The maximum atomic E-state index is 13.1. The molecule has 0 saturated carbocycles. The first-order valence-electron chi connectivity index (χ1n) is 8.48. The molecule has 0 fully saturated rings. The van der Waals surface area contributed by atoms with Crippen molar-refractivity contribution < 1.29 is 27.8 Å². The van der Waals surface area contributed by atoms with Gasteiger partial charge in [0.15, 0.2) is 11.5 Å². The van der Waals surface area contributed by atoms with Gasteiger partial charge in [0.2, 0.25) is 0 Å². The molecule has 146 valence electrons. The summed E-state index contributed by atoms with van der Waals surface area (Å²) in [7, 11) is 1.59. The smallest absolute Gasteiger partial charge is 0.395 e. The van der Waals surface area contributed by atoms with Gasteiger partial charge in [0.25, 0.3) is 0 Å². The minimum absolute atomic E-state index is 0.0431. The number of nitrogens with zero attached hydrogens (tertiary/aromatic N) is 2. The Kier molecular flexibility index (Phi) is 4.87. The SMILES string of the molecule is COCCNC(=O)N1CC2=C(CN(Sc3ccc4c(c3)OC(F)(F)O4)C2)C1. The second-order valence-electron chi connectivity index (χ2n) is 6.45. The average molecular weight is 399 g/mol. The van der Waals surface area contributed by atoms with E-state index in [1.165, 1.54) is 29.2 Å². The summed E-state index contributed by atoms with van der Waals surface area (Å²) >= 11 is 1.48. The molecular weight excluding hydrogens is 380 g/mol. The quantitative estimate of drug-likeness (QED) is 0.466. The third-order valence-electron chi connectivity index (χ3n) is 4.47. The fourth-order valence-electron chi connectivity index (χ4n) is 3.26. The van der Waals surface area contributed by atoms with Gasteiger partial charge in [0.05, 0.1) is 6.61 Å². The highest BCUT2D eigenvalue weighted by molar-refractivity contribution is 7.97. The highest BCUT2D eigenvalue weighted by atomic mass is 32.2. The van der Waals surface area contributed by atoms with Gasteiger partial charge in [0, 0.05) is 44.7 Å². The molecule has 0 saturated heterocycles. The molecule has 3 aliphatic rings. The van der Waals surface area contributed by atoms with Gasteiger partial charge in [-0.3, -0.25) is 0 Å². The molecule has 0 atom stereocenters. The van der Waals surface area contributed by atoms with Gasteiger partial charge in [-0.15, -0.1) is 8.78 Å². The molecule has 3 aliphatic heterocycles. The molecule has 10 heteroatoms. The van der Waals surface area contributed by atoms with Crippen LogP contribution in [0.25, 0.3) is 0 Å². The number of methoxy groups -OCH3 is 1. The summed E-state index contributed by atoms with van der Waals surface area (Å²) in [6, 6.07) is 4.69. The number of fused-ring (bicyclic) bond motifs is 1. The number of amides is 2. The molecule has 0 radical (unpaired) electrons. The monoisotopic (exact) mass is 399 g/mol. The second-order valence-corrected chi connectivity index (χ2v) is 7.62. The van der Waals surface area contributed by atoms with E-state index < -0.39 is 6.29 Å². The van der Waals surface area contributed by atoms with Gasteiger partial charge in [-0.1, -0.05) is 0 Å². The summed E-state index contributed by atoms with van der Waals surface area (Å²) in [4.78, 5) is 14.7. The van der Waals surface area contributed by atoms with Gasteiger partial charge in [-0.05, 0) is 41.3 Å². The lowest BCUT2D eigenvalue weighted by molar-refractivity contribution is -0.286. The van der Waals surface area contributed by atoms with E-state index in [1.54, 1.807) is 24.1 Å². The second kappa shape index (κ2) is 7.17. The highest BCUT2D eigenvalue weighted by Crippen LogP contribution is 2.43. The van der Waals surface area contributed by atoms with E-state index >= 15 is 0 Å². The van der Waals surface area contributed by atoms with Crippen LogP contribution in [0.15, 0.2) is 34.2 Å². The summed E-state index contributed by atoms with van der Waals surface area (Å²) < 4.78 is 42.2. The topological polar surface area (TPSA) is 63.3 Å². The summed E-state index contributed by atoms with van der Waals surface area (Å²) in [6.07, 6.45) is -3.60. The van der Waals surface area contributed by atoms with Crippen molar-refractivity contribution in [3.8, 4) is 11.5 Å². The molecule has 4 rings (SSSR count). The molecule has 1 aromatic carbocycles.